The van der Waals surface area contributed by atoms with E-state index in [-0.39, 0.29) is 6.04 Å². The molecule has 0 aliphatic carbocycles. The maximum atomic E-state index is 6.00. The van der Waals surface area contributed by atoms with Gasteiger partial charge in [0.15, 0.2) is 5.82 Å². The lowest BCUT2D eigenvalue weighted by Gasteiger charge is -2.12. The van der Waals surface area contributed by atoms with E-state index < -0.39 is 0 Å². The van der Waals surface area contributed by atoms with Crippen LogP contribution in [0.15, 0.2) is 30.6 Å². The first-order valence-electron chi connectivity index (χ1n) is 5.93. The molecule has 0 bridgehead atoms. The Morgan fingerprint density at radius 3 is 2.88 bits per heavy atom. The Kier molecular flexibility index (Phi) is 3.54. The number of nitrogens with zero attached hydrogens (tertiary/aromatic N) is 3. The lowest BCUT2D eigenvalue weighted by Crippen LogP contribution is -2.22. The molecule has 1 unspecified atom stereocenters. The van der Waals surface area contributed by atoms with Gasteiger partial charge in [-0.15, -0.1) is 0 Å². The molecule has 17 heavy (non-hydrogen) atoms. The second-order valence-electron chi connectivity index (χ2n) is 4.26. The monoisotopic (exact) mass is 230 g/mol. The van der Waals surface area contributed by atoms with E-state index in [4.69, 9.17) is 5.73 Å². The molecule has 0 saturated carbocycles. The smallest absolute Gasteiger partial charge is 0.156 e. The highest BCUT2D eigenvalue weighted by molar-refractivity contribution is 5.33. The van der Waals surface area contributed by atoms with E-state index in [0.29, 0.717) is 0 Å². The highest BCUT2D eigenvalue weighted by Crippen LogP contribution is 2.13. The van der Waals surface area contributed by atoms with E-state index in [1.165, 1.54) is 0 Å². The molecule has 4 heteroatoms. The van der Waals surface area contributed by atoms with Crippen molar-refractivity contribution in [3.8, 4) is 5.82 Å². The predicted molar refractivity (Wildman–Crippen MR) is 68.1 cm³/mol. The fourth-order valence-electron chi connectivity index (χ4n) is 1.76. The molecule has 0 spiro atoms. The van der Waals surface area contributed by atoms with Crippen LogP contribution in [0.5, 0.6) is 0 Å². The van der Waals surface area contributed by atoms with E-state index >= 15 is 0 Å². The third kappa shape index (κ3) is 2.71. The third-order valence-electron chi connectivity index (χ3n) is 2.81. The second-order valence-corrected chi connectivity index (χ2v) is 4.26. The maximum absolute atomic E-state index is 6.00. The van der Waals surface area contributed by atoms with Crippen molar-refractivity contribution in [3.05, 3.63) is 41.9 Å². The van der Waals surface area contributed by atoms with Crippen molar-refractivity contribution in [1.82, 2.24) is 14.8 Å². The molecule has 2 heterocycles. The van der Waals surface area contributed by atoms with Crippen LogP contribution in [-0.4, -0.2) is 20.8 Å². The summed E-state index contributed by atoms with van der Waals surface area (Å²) in [6, 6.07) is 6.15. The van der Waals surface area contributed by atoms with Crippen LogP contribution in [0.2, 0.25) is 0 Å². The van der Waals surface area contributed by atoms with Crippen LogP contribution in [0.4, 0.5) is 0 Å². The molecule has 2 aromatic rings. The molecule has 0 fully saturated rings. The quantitative estimate of drug-likeness (QED) is 0.872. The minimum atomic E-state index is 0.176. The topological polar surface area (TPSA) is 56.7 Å². The molecule has 90 valence electrons. The molecule has 0 amide bonds. The fourth-order valence-corrected chi connectivity index (χ4v) is 1.76. The van der Waals surface area contributed by atoms with E-state index in [9.17, 15) is 0 Å². The van der Waals surface area contributed by atoms with Crippen LogP contribution in [0.25, 0.3) is 5.82 Å². The van der Waals surface area contributed by atoms with Gasteiger partial charge in [-0.2, -0.15) is 5.10 Å². The molecule has 0 aromatic carbocycles. The fraction of sp³-hybridized carbons (Fsp3) is 0.385. The molecule has 2 aromatic heterocycles. The number of aromatic nitrogens is 3. The van der Waals surface area contributed by atoms with Gasteiger partial charge >= 0.3 is 0 Å². The summed E-state index contributed by atoms with van der Waals surface area (Å²) in [5.74, 6) is 0.879. The third-order valence-corrected chi connectivity index (χ3v) is 2.81. The average molecular weight is 230 g/mol. The van der Waals surface area contributed by atoms with Crippen LogP contribution in [0, 0.1) is 6.92 Å². The van der Waals surface area contributed by atoms with Crippen molar-refractivity contribution in [1.29, 1.82) is 0 Å². The Morgan fingerprint density at radius 2 is 2.24 bits per heavy atom. The van der Waals surface area contributed by atoms with E-state index in [1.54, 1.807) is 6.20 Å². The lowest BCUT2D eigenvalue weighted by atomic mass is 10.1. The molecule has 2 rings (SSSR count). The van der Waals surface area contributed by atoms with Gasteiger partial charge in [-0.3, -0.25) is 0 Å². The largest absolute Gasteiger partial charge is 0.327 e. The number of pyridine rings is 1. The first-order valence-corrected chi connectivity index (χ1v) is 5.93. The van der Waals surface area contributed by atoms with Crippen molar-refractivity contribution >= 4 is 0 Å². The highest BCUT2D eigenvalue weighted by atomic mass is 15.3. The van der Waals surface area contributed by atoms with Gasteiger partial charge in [0.05, 0.1) is 5.69 Å². The Morgan fingerprint density at radius 1 is 1.41 bits per heavy atom. The summed E-state index contributed by atoms with van der Waals surface area (Å²) in [6.45, 7) is 4.07. The molecule has 4 nitrogen and oxygen atoms in total. The highest BCUT2D eigenvalue weighted by Gasteiger charge is 2.09. The normalized spacial score (nSPS) is 12.6. The van der Waals surface area contributed by atoms with E-state index in [2.05, 4.69) is 23.1 Å². The summed E-state index contributed by atoms with van der Waals surface area (Å²) in [5.41, 5.74) is 8.13. The Balaban J connectivity index is 2.33. The zero-order valence-electron chi connectivity index (χ0n) is 10.3. The Labute approximate surface area is 101 Å². The Bertz CT molecular complexity index is 490. The molecule has 2 N–H and O–H groups in total. The van der Waals surface area contributed by atoms with Crippen molar-refractivity contribution in [2.45, 2.75) is 32.7 Å². The molecule has 0 aliphatic rings. The summed E-state index contributed by atoms with van der Waals surface area (Å²) < 4.78 is 1.81. The van der Waals surface area contributed by atoms with Crippen LogP contribution in [0.3, 0.4) is 0 Å². The molecular formula is C13H18N4. The van der Waals surface area contributed by atoms with Gasteiger partial charge < -0.3 is 5.73 Å². The van der Waals surface area contributed by atoms with Crippen molar-refractivity contribution in [2.24, 2.45) is 5.73 Å². The van der Waals surface area contributed by atoms with Crippen LogP contribution < -0.4 is 5.73 Å². The van der Waals surface area contributed by atoms with Crippen LogP contribution >= 0.6 is 0 Å². The summed E-state index contributed by atoms with van der Waals surface area (Å²) >= 11 is 0. The van der Waals surface area contributed by atoms with Gasteiger partial charge in [-0.05, 0) is 37.5 Å². The summed E-state index contributed by atoms with van der Waals surface area (Å²) in [6.07, 6.45) is 5.51. The minimum Gasteiger partial charge on any atom is -0.327 e. The molecule has 0 radical (unpaired) electrons. The average Bonchev–Trinajstić information content (AvgIpc) is 2.76. The first kappa shape index (κ1) is 11.8. The van der Waals surface area contributed by atoms with Crippen molar-refractivity contribution in [3.63, 3.8) is 0 Å². The van der Waals surface area contributed by atoms with Gasteiger partial charge in [0.25, 0.3) is 0 Å². The van der Waals surface area contributed by atoms with Gasteiger partial charge in [0, 0.05) is 18.4 Å². The molecular weight excluding hydrogens is 212 g/mol. The SMILES string of the molecule is CCC(N)Cc1cccnc1-n1ccc(C)n1. The number of hydrogen-bond donors (Lipinski definition) is 1. The number of aryl methyl sites for hydroxylation is 1. The summed E-state index contributed by atoms with van der Waals surface area (Å²) in [7, 11) is 0. The van der Waals surface area contributed by atoms with Crippen molar-refractivity contribution < 1.29 is 0 Å². The summed E-state index contributed by atoms with van der Waals surface area (Å²) in [5, 5.41) is 4.39. The first-order chi connectivity index (χ1) is 8.20. The lowest BCUT2D eigenvalue weighted by molar-refractivity contribution is 0.639. The van der Waals surface area contributed by atoms with Gasteiger partial charge in [-0.1, -0.05) is 13.0 Å². The Hall–Kier alpha value is -1.68. The number of hydrogen-bond acceptors (Lipinski definition) is 3. The maximum Gasteiger partial charge on any atom is 0.156 e. The van der Waals surface area contributed by atoms with Gasteiger partial charge in [0.1, 0.15) is 0 Å². The van der Waals surface area contributed by atoms with Gasteiger partial charge in [-0.25, -0.2) is 9.67 Å². The standard InChI is InChI=1S/C13H18N4/c1-3-12(14)9-11-5-4-7-15-13(11)17-8-6-10(2)16-17/h4-8,12H,3,9,14H2,1-2H3. The van der Waals surface area contributed by atoms with Crippen molar-refractivity contribution in [2.75, 3.05) is 0 Å². The molecule has 0 saturated heterocycles. The van der Waals surface area contributed by atoms with Crippen LogP contribution in [-0.2, 0) is 6.42 Å². The second kappa shape index (κ2) is 5.10. The summed E-state index contributed by atoms with van der Waals surface area (Å²) in [4.78, 5) is 4.39. The van der Waals surface area contributed by atoms with E-state index in [0.717, 1.165) is 29.9 Å². The number of rotatable bonds is 4. The van der Waals surface area contributed by atoms with Gasteiger partial charge in [0.2, 0.25) is 0 Å². The number of nitrogens with two attached hydrogens (primary N) is 1. The zero-order chi connectivity index (χ0) is 12.3. The predicted octanol–water partition coefficient (Wildman–Crippen LogP) is 1.86. The van der Waals surface area contributed by atoms with E-state index in [1.807, 2.05) is 29.9 Å². The molecule has 0 aliphatic heterocycles. The zero-order valence-corrected chi connectivity index (χ0v) is 10.3. The van der Waals surface area contributed by atoms with Crippen LogP contribution in [0.1, 0.15) is 24.6 Å². The molecule has 1 atom stereocenters. The minimum absolute atomic E-state index is 0.176.